The Morgan fingerprint density at radius 3 is 2.67 bits per heavy atom. The van der Waals surface area contributed by atoms with Gasteiger partial charge in [0.1, 0.15) is 18.1 Å². The number of aryl methyl sites for hydroxylation is 2. The smallest absolute Gasteiger partial charge is 0.255 e. The Hall–Kier alpha value is -2.30. The number of ether oxygens (including phenoxy) is 1. The van der Waals surface area contributed by atoms with Crippen LogP contribution < -0.4 is 10.1 Å². The molecule has 1 N–H and O–H groups in total. The van der Waals surface area contributed by atoms with Crippen molar-refractivity contribution in [3.63, 3.8) is 0 Å². The summed E-state index contributed by atoms with van der Waals surface area (Å²) in [5.74, 6) is 1.15. The SMILES string of the molecule is Cc1noc(C)c1COc1ccccc1C(=O)NC(C)C. The molecule has 0 fully saturated rings. The molecule has 0 saturated heterocycles. The molecule has 1 heterocycles. The van der Waals surface area contributed by atoms with Gasteiger partial charge >= 0.3 is 0 Å². The molecule has 0 spiro atoms. The maximum Gasteiger partial charge on any atom is 0.255 e. The highest BCUT2D eigenvalue weighted by Crippen LogP contribution is 2.21. The van der Waals surface area contributed by atoms with Crippen LogP contribution in [0.5, 0.6) is 5.75 Å². The summed E-state index contributed by atoms with van der Waals surface area (Å²) in [6.07, 6.45) is 0. The number of para-hydroxylation sites is 1. The second-order valence-corrected chi connectivity index (χ2v) is 5.22. The molecule has 2 aromatic rings. The van der Waals surface area contributed by atoms with Crippen LogP contribution in [-0.4, -0.2) is 17.1 Å². The van der Waals surface area contributed by atoms with Crippen LogP contribution in [0.1, 0.15) is 41.2 Å². The minimum absolute atomic E-state index is 0.0770. The molecule has 0 aliphatic heterocycles. The van der Waals surface area contributed by atoms with Gasteiger partial charge in [-0.1, -0.05) is 17.3 Å². The molecule has 21 heavy (non-hydrogen) atoms. The van der Waals surface area contributed by atoms with Gasteiger partial charge in [-0.15, -0.1) is 0 Å². The zero-order valence-corrected chi connectivity index (χ0v) is 12.8. The first-order valence-electron chi connectivity index (χ1n) is 6.93. The van der Waals surface area contributed by atoms with E-state index in [0.717, 1.165) is 17.0 Å². The van der Waals surface area contributed by atoms with E-state index in [1.54, 1.807) is 12.1 Å². The van der Waals surface area contributed by atoms with Crippen molar-refractivity contribution < 1.29 is 14.1 Å². The van der Waals surface area contributed by atoms with Crippen molar-refractivity contribution in [1.82, 2.24) is 10.5 Å². The summed E-state index contributed by atoms with van der Waals surface area (Å²) in [7, 11) is 0. The molecule has 0 saturated carbocycles. The highest BCUT2D eigenvalue weighted by atomic mass is 16.5. The quantitative estimate of drug-likeness (QED) is 0.918. The molecule has 0 aliphatic rings. The fraction of sp³-hybridized carbons (Fsp3) is 0.375. The molecule has 1 aromatic carbocycles. The molecule has 0 aliphatic carbocycles. The van der Waals surface area contributed by atoms with Crippen molar-refractivity contribution >= 4 is 5.91 Å². The third kappa shape index (κ3) is 3.62. The van der Waals surface area contributed by atoms with E-state index in [1.165, 1.54) is 0 Å². The number of hydrogen-bond donors (Lipinski definition) is 1. The Labute approximate surface area is 124 Å². The van der Waals surface area contributed by atoms with Crippen LogP contribution in [0, 0.1) is 13.8 Å². The number of carbonyl (C=O) groups excluding carboxylic acids is 1. The summed E-state index contributed by atoms with van der Waals surface area (Å²) in [4.78, 5) is 12.1. The van der Waals surface area contributed by atoms with E-state index >= 15 is 0 Å². The average Bonchev–Trinajstić information content (AvgIpc) is 2.75. The molecule has 0 bridgehead atoms. The van der Waals surface area contributed by atoms with E-state index in [4.69, 9.17) is 9.26 Å². The minimum Gasteiger partial charge on any atom is -0.488 e. The average molecular weight is 288 g/mol. The molecule has 5 nitrogen and oxygen atoms in total. The predicted octanol–water partition coefficient (Wildman–Crippen LogP) is 3.01. The van der Waals surface area contributed by atoms with Gasteiger partial charge in [-0.3, -0.25) is 4.79 Å². The molecule has 0 unspecified atom stereocenters. The maximum atomic E-state index is 12.1. The number of benzene rings is 1. The molecule has 5 heteroatoms. The van der Waals surface area contributed by atoms with E-state index < -0.39 is 0 Å². The van der Waals surface area contributed by atoms with E-state index in [0.29, 0.717) is 17.9 Å². The first-order chi connectivity index (χ1) is 9.99. The van der Waals surface area contributed by atoms with Crippen LogP contribution in [0.15, 0.2) is 28.8 Å². The fourth-order valence-corrected chi connectivity index (χ4v) is 1.98. The lowest BCUT2D eigenvalue weighted by Crippen LogP contribution is -2.30. The summed E-state index contributed by atoms with van der Waals surface area (Å²) in [6, 6.07) is 7.27. The van der Waals surface area contributed by atoms with Crippen molar-refractivity contribution in [2.24, 2.45) is 0 Å². The van der Waals surface area contributed by atoms with Crippen LogP contribution in [-0.2, 0) is 6.61 Å². The van der Waals surface area contributed by atoms with Gasteiger partial charge < -0.3 is 14.6 Å². The normalized spacial score (nSPS) is 10.7. The highest BCUT2D eigenvalue weighted by Gasteiger charge is 2.15. The van der Waals surface area contributed by atoms with Crippen LogP contribution in [0.4, 0.5) is 0 Å². The second kappa shape index (κ2) is 6.43. The first-order valence-corrected chi connectivity index (χ1v) is 6.93. The summed E-state index contributed by atoms with van der Waals surface area (Å²) < 4.78 is 10.9. The van der Waals surface area contributed by atoms with Gasteiger partial charge in [-0.25, -0.2) is 0 Å². The van der Waals surface area contributed by atoms with Crippen molar-refractivity contribution in [3.05, 3.63) is 46.8 Å². The molecule has 0 atom stereocenters. The number of rotatable bonds is 5. The standard InChI is InChI=1S/C16H20N2O3/c1-10(2)17-16(19)13-7-5-6-8-15(13)20-9-14-11(3)18-21-12(14)4/h5-8,10H,9H2,1-4H3,(H,17,19). The van der Waals surface area contributed by atoms with Crippen molar-refractivity contribution in [2.75, 3.05) is 0 Å². The third-order valence-corrected chi connectivity index (χ3v) is 3.10. The van der Waals surface area contributed by atoms with Gasteiger partial charge in [0.25, 0.3) is 5.91 Å². The molecule has 1 aromatic heterocycles. The summed E-state index contributed by atoms with van der Waals surface area (Å²) in [6.45, 7) is 7.88. The first kappa shape index (κ1) is 15.1. The molecule has 0 radical (unpaired) electrons. The maximum absolute atomic E-state index is 12.1. The van der Waals surface area contributed by atoms with Crippen LogP contribution in [0.25, 0.3) is 0 Å². The molecular formula is C16H20N2O3. The Morgan fingerprint density at radius 2 is 2.05 bits per heavy atom. The van der Waals surface area contributed by atoms with Gasteiger partial charge in [0.05, 0.1) is 16.8 Å². The molecule has 1 amide bonds. The number of nitrogens with one attached hydrogen (secondary N) is 1. The predicted molar refractivity (Wildman–Crippen MR) is 79.4 cm³/mol. The summed E-state index contributed by atoms with van der Waals surface area (Å²) >= 11 is 0. The number of hydrogen-bond acceptors (Lipinski definition) is 4. The van der Waals surface area contributed by atoms with E-state index in [1.807, 2.05) is 39.8 Å². The largest absolute Gasteiger partial charge is 0.488 e. The van der Waals surface area contributed by atoms with E-state index in [2.05, 4.69) is 10.5 Å². The number of carbonyl (C=O) groups is 1. The molecular weight excluding hydrogens is 268 g/mol. The van der Waals surface area contributed by atoms with Crippen LogP contribution in [0.2, 0.25) is 0 Å². The fourth-order valence-electron chi connectivity index (χ4n) is 1.98. The summed E-state index contributed by atoms with van der Waals surface area (Å²) in [5, 5.41) is 6.76. The van der Waals surface area contributed by atoms with Crippen molar-refractivity contribution in [1.29, 1.82) is 0 Å². The number of nitrogens with zero attached hydrogens (tertiary/aromatic N) is 1. The number of aromatic nitrogens is 1. The Kier molecular flexibility index (Phi) is 4.62. The van der Waals surface area contributed by atoms with Crippen LogP contribution in [0.3, 0.4) is 0 Å². The monoisotopic (exact) mass is 288 g/mol. The number of amides is 1. The van der Waals surface area contributed by atoms with Gasteiger partial charge in [-0.05, 0) is 39.8 Å². The van der Waals surface area contributed by atoms with Crippen molar-refractivity contribution in [2.45, 2.75) is 40.3 Å². The van der Waals surface area contributed by atoms with Gasteiger partial charge in [-0.2, -0.15) is 0 Å². The van der Waals surface area contributed by atoms with Gasteiger partial charge in [0, 0.05) is 6.04 Å². The lowest BCUT2D eigenvalue weighted by Gasteiger charge is -2.13. The van der Waals surface area contributed by atoms with Crippen LogP contribution >= 0.6 is 0 Å². The Bertz CT molecular complexity index is 613. The topological polar surface area (TPSA) is 64.4 Å². The van der Waals surface area contributed by atoms with E-state index in [-0.39, 0.29) is 11.9 Å². The summed E-state index contributed by atoms with van der Waals surface area (Å²) in [5.41, 5.74) is 2.24. The van der Waals surface area contributed by atoms with E-state index in [9.17, 15) is 4.79 Å². The molecule has 2 rings (SSSR count). The van der Waals surface area contributed by atoms with Gasteiger partial charge in [0.15, 0.2) is 0 Å². The Balaban J connectivity index is 2.15. The highest BCUT2D eigenvalue weighted by molar-refractivity contribution is 5.97. The lowest BCUT2D eigenvalue weighted by atomic mass is 10.1. The minimum atomic E-state index is -0.139. The Morgan fingerprint density at radius 1 is 1.33 bits per heavy atom. The lowest BCUT2D eigenvalue weighted by molar-refractivity contribution is 0.0938. The zero-order chi connectivity index (χ0) is 15.4. The zero-order valence-electron chi connectivity index (χ0n) is 12.8. The third-order valence-electron chi connectivity index (χ3n) is 3.10. The van der Waals surface area contributed by atoms with Crippen molar-refractivity contribution in [3.8, 4) is 5.75 Å². The molecule has 112 valence electrons. The second-order valence-electron chi connectivity index (χ2n) is 5.22. The van der Waals surface area contributed by atoms with Gasteiger partial charge in [0.2, 0.25) is 0 Å².